The smallest absolute Gasteiger partial charge is 0.360 e. The van der Waals surface area contributed by atoms with E-state index < -0.39 is 5.97 Å². The molecule has 0 fully saturated rings. The molecule has 6 nitrogen and oxygen atoms in total. The van der Waals surface area contributed by atoms with E-state index in [1.54, 1.807) is 24.3 Å². The highest BCUT2D eigenvalue weighted by molar-refractivity contribution is 7.13. The quantitative estimate of drug-likeness (QED) is 0.644. The maximum atomic E-state index is 11.0. The zero-order valence-corrected chi connectivity index (χ0v) is 9.92. The van der Waals surface area contributed by atoms with Crippen molar-refractivity contribution in [1.82, 2.24) is 4.98 Å². The molecule has 1 aromatic heterocycles. The average molecular weight is 263 g/mol. The molecular weight excluding hydrogens is 254 g/mol. The van der Waals surface area contributed by atoms with Gasteiger partial charge >= 0.3 is 5.97 Å². The lowest BCUT2D eigenvalue weighted by Crippen LogP contribution is -2.16. The monoisotopic (exact) mass is 263 g/mol. The minimum absolute atomic E-state index is 0.181. The number of nitrogens with zero attached hydrogens (tertiary/aromatic N) is 2. The number of carboxylic acid groups (broad SMARTS) is 1. The normalized spacial score (nSPS) is 11.2. The Kier molecular flexibility index (Phi) is 3.54. The molecule has 3 N–H and O–H groups in total. The van der Waals surface area contributed by atoms with E-state index in [4.69, 9.17) is 15.7 Å². The molecule has 0 saturated carbocycles. The molecule has 2 aromatic rings. The number of para-hydroxylation sites is 1. The Hall–Kier alpha value is -2.41. The van der Waals surface area contributed by atoms with E-state index in [0.29, 0.717) is 5.75 Å². The topological polar surface area (TPSA) is 97.8 Å². The molecule has 0 saturated heterocycles. The number of nitrogens with two attached hydrogens (primary N) is 1. The molecule has 0 atom stereocenters. The highest BCUT2D eigenvalue weighted by Crippen LogP contribution is 2.14. The summed E-state index contributed by atoms with van der Waals surface area (Å²) in [5, 5.41) is 14.4. The number of thiazole rings is 1. The number of anilines is 1. The van der Waals surface area contributed by atoms with Crippen LogP contribution in [0.4, 0.5) is 5.13 Å². The molecule has 0 amide bonds. The van der Waals surface area contributed by atoms with Gasteiger partial charge in [-0.1, -0.05) is 23.4 Å². The van der Waals surface area contributed by atoms with Gasteiger partial charge in [-0.2, -0.15) is 0 Å². The van der Waals surface area contributed by atoms with Crippen molar-refractivity contribution in [2.75, 3.05) is 5.73 Å². The fourth-order valence-electron chi connectivity index (χ4n) is 1.17. The molecule has 0 spiro atoms. The van der Waals surface area contributed by atoms with Crippen LogP contribution < -0.4 is 10.6 Å². The van der Waals surface area contributed by atoms with E-state index in [-0.39, 0.29) is 16.5 Å². The summed E-state index contributed by atoms with van der Waals surface area (Å²) in [7, 11) is 0. The van der Waals surface area contributed by atoms with Crippen LogP contribution in [0.15, 0.2) is 40.9 Å². The number of aromatic nitrogens is 1. The van der Waals surface area contributed by atoms with Crippen LogP contribution in [0.25, 0.3) is 0 Å². The predicted molar refractivity (Wildman–Crippen MR) is 67.8 cm³/mol. The van der Waals surface area contributed by atoms with Crippen molar-refractivity contribution < 1.29 is 14.7 Å². The Morgan fingerprint density at radius 3 is 2.67 bits per heavy atom. The van der Waals surface area contributed by atoms with Gasteiger partial charge in [-0.15, -0.1) is 11.3 Å². The summed E-state index contributed by atoms with van der Waals surface area (Å²) in [5.74, 6) is -0.782. The van der Waals surface area contributed by atoms with Gasteiger partial charge in [-0.3, -0.25) is 0 Å². The Bertz CT molecular complexity index is 580. The Morgan fingerprint density at radius 1 is 1.39 bits per heavy atom. The number of hydrogen-bond acceptors (Lipinski definition) is 6. The fourth-order valence-corrected chi connectivity index (χ4v) is 1.72. The van der Waals surface area contributed by atoms with Gasteiger partial charge < -0.3 is 15.7 Å². The van der Waals surface area contributed by atoms with Crippen LogP contribution in [0, 0.1) is 0 Å². The van der Waals surface area contributed by atoms with E-state index in [2.05, 4.69) is 10.1 Å². The first-order valence-corrected chi connectivity index (χ1v) is 5.79. The number of benzene rings is 1. The van der Waals surface area contributed by atoms with Crippen LogP contribution in [0.3, 0.4) is 0 Å². The van der Waals surface area contributed by atoms with Crippen LogP contribution in [-0.2, 0) is 4.79 Å². The van der Waals surface area contributed by atoms with Crippen LogP contribution in [0.1, 0.15) is 5.69 Å². The minimum atomic E-state index is -1.23. The molecule has 0 unspecified atom stereocenters. The third kappa shape index (κ3) is 2.83. The second-order valence-electron chi connectivity index (χ2n) is 3.22. The SMILES string of the molecule is Nc1nc(/C(=N/Oc2ccccc2)C(=O)O)cs1. The van der Waals surface area contributed by atoms with E-state index in [1.807, 2.05) is 6.07 Å². The molecule has 0 radical (unpaired) electrons. The van der Waals surface area contributed by atoms with Crippen molar-refractivity contribution in [3.05, 3.63) is 41.4 Å². The van der Waals surface area contributed by atoms with Gasteiger partial charge in [0.1, 0.15) is 5.69 Å². The zero-order chi connectivity index (χ0) is 13.0. The number of oxime groups is 1. The Balaban J connectivity index is 2.23. The number of aliphatic carboxylic acids is 1. The second kappa shape index (κ2) is 5.28. The molecule has 2 rings (SSSR count). The van der Waals surface area contributed by atoms with Crippen molar-refractivity contribution >= 4 is 28.1 Å². The molecule has 0 aliphatic carbocycles. The standard InChI is InChI=1S/C11H9N3O3S/c12-11-13-8(6-18-11)9(10(15)16)14-17-7-4-2-1-3-5-7/h1-6H,(H2,12,13)(H,15,16)/b14-9-. The first kappa shape index (κ1) is 12.1. The van der Waals surface area contributed by atoms with Crippen LogP contribution >= 0.6 is 11.3 Å². The number of rotatable bonds is 4. The molecule has 1 aromatic carbocycles. The lowest BCUT2D eigenvalue weighted by molar-refractivity contribution is -0.129. The van der Waals surface area contributed by atoms with E-state index >= 15 is 0 Å². The van der Waals surface area contributed by atoms with Crippen molar-refractivity contribution in [1.29, 1.82) is 0 Å². The summed E-state index contributed by atoms with van der Waals surface area (Å²) in [4.78, 5) is 19.9. The van der Waals surface area contributed by atoms with Gasteiger partial charge in [0.05, 0.1) is 0 Å². The zero-order valence-electron chi connectivity index (χ0n) is 9.11. The van der Waals surface area contributed by atoms with Crippen LogP contribution in [0.2, 0.25) is 0 Å². The van der Waals surface area contributed by atoms with Gasteiger partial charge in [0.25, 0.3) is 0 Å². The molecule has 0 bridgehead atoms. The van der Waals surface area contributed by atoms with Gasteiger partial charge in [0.15, 0.2) is 10.9 Å². The maximum absolute atomic E-state index is 11.0. The van der Waals surface area contributed by atoms with Gasteiger partial charge in [-0.25, -0.2) is 9.78 Å². The molecule has 18 heavy (non-hydrogen) atoms. The van der Waals surface area contributed by atoms with Crippen molar-refractivity contribution in [3.8, 4) is 5.75 Å². The van der Waals surface area contributed by atoms with Crippen LogP contribution in [0.5, 0.6) is 5.75 Å². The first-order chi connectivity index (χ1) is 8.66. The summed E-state index contributed by atoms with van der Waals surface area (Å²) >= 11 is 1.14. The highest BCUT2D eigenvalue weighted by Gasteiger charge is 2.17. The van der Waals surface area contributed by atoms with E-state index in [9.17, 15) is 4.79 Å². The third-order valence-corrected chi connectivity index (χ3v) is 2.63. The van der Waals surface area contributed by atoms with E-state index in [0.717, 1.165) is 11.3 Å². The van der Waals surface area contributed by atoms with E-state index in [1.165, 1.54) is 5.38 Å². The lowest BCUT2D eigenvalue weighted by Gasteiger charge is -1.99. The highest BCUT2D eigenvalue weighted by atomic mass is 32.1. The summed E-state index contributed by atoms with van der Waals surface area (Å²) < 4.78 is 0. The third-order valence-electron chi connectivity index (χ3n) is 1.95. The Morgan fingerprint density at radius 2 is 2.11 bits per heavy atom. The van der Waals surface area contributed by atoms with Crippen molar-refractivity contribution in [2.24, 2.45) is 5.16 Å². The minimum Gasteiger partial charge on any atom is -0.476 e. The van der Waals surface area contributed by atoms with Gasteiger partial charge in [-0.05, 0) is 12.1 Å². The number of carbonyl (C=O) groups is 1. The number of hydrogen-bond donors (Lipinski definition) is 2. The molecule has 7 heteroatoms. The van der Waals surface area contributed by atoms with Gasteiger partial charge in [0.2, 0.25) is 5.71 Å². The maximum Gasteiger partial charge on any atom is 0.360 e. The second-order valence-corrected chi connectivity index (χ2v) is 4.11. The average Bonchev–Trinajstić information content (AvgIpc) is 2.77. The number of nitrogen functional groups attached to an aromatic ring is 1. The van der Waals surface area contributed by atoms with Crippen molar-refractivity contribution in [3.63, 3.8) is 0 Å². The Labute approximate surface area is 106 Å². The first-order valence-electron chi connectivity index (χ1n) is 4.91. The lowest BCUT2D eigenvalue weighted by atomic mass is 10.3. The summed E-state index contributed by atoms with van der Waals surface area (Å²) in [6, 6.07) is 8.66. The van der Waals surface area contributed by atoms with Crippen LogP contribution in [-0.4, -0.2) is 21.8 Å². The molecule has 92 valence electrons. The molecule has 1 heterocycles. The fraction of sp³-hybridized carbons (Fsp3) is 0. The molecule has 0 aliphatic heterocycles. The molecule has 0 aliphatic rings. The van der Waals surface area contributed by atoms with Crippen molar-refractivity contribution in [2.45, 2.75) is 0 Å². The predicted octanol–water partition coefficient (Wildman–Crippen LogP) is 1.59. The largest absolute Gasteiger partial charge is 0.476 e. The summed E-state index contributed by atoms with van der Waals surface area (Å²) in [5.41, 5.74) is 5.34. The van der Waals surface area contributed by atoms with Gasteiger partial charge in [0, 0.05) is 5.38 Å². The number of carboxylic acids is 1. The summed E-state index contributed by atoms with van der Waals surface area (Å²) in [6.45, 7) is 0. The molecular formula is C11H9N3O3S. The summed E-state index contributed by atoms with van der Waals surface area (Å²) in [6.07, 6.45) is 0.